The largest absolute Gasteiger partial charge is 0.310 e. The fourth-order valence-electron chi connectivity index (χ4n) is 8.89. The second-order valence-corrected chi connectivity index (χ2v) is 15.3. The first-order valence-corrected chi connectivity index (χ1v) is 20.3. The van der Waals surface area contributed by atoms with Crippen LogP contribution in [0.5, 0.6) is 0 Å². The van der Waals surface area contributed by atoms with Crippen molar-refractivity contribution in [2.45, 2.75) is 0 Å². The van der Waals surface area contributed by atoms with Gasteiger partial charge in [0.25, 0.3) is 0 Å². The molecule has 276 valence electrons. The molecule has 0 amide bonds. The summed E-state index contributed by atoms with van der Waals surface area (Å²) in [5.41, 5.74) is 12.9. The summed E-state index contributed by atoms with van der Waals surface area (Å²) in [5.74, 6) is 0. The molecule has 0 aliphatic heterocycles. The Balaban J connectivity index is 1.01. The first kappa shape index (κ1) is 34.5. The third-order valence-corrected chi connectivity index (χ3v) is 11.9. The Kier molecular flexibility index (Phi) is 8.56. The summed E-state index contributed by atoms with van der Waals surface area (Å²) in [6, 6.07) is 86.2. The molecule has 0 heterocycles. The molecule has 11 aromatic carbocycles. The second kappa shape index (κ2) is 14.6. The van der Waals surface area contributed by atoms with Crippen LogP contribution in [-0.2, 0) is 0 Å². The molecular formula is C58H39N. The minimum atomic E-state index is 1.10. The number of hydrogen-bond donors (Lipinski definition) is 0. The molecule has 59 heavy (non-hydrogen) atoms. The Bertz CT molecular complexity index is 3280. The first-order valence-electron chi connectivity index (χ1n) is 20.3. The predicted molar refractivity (Wildman–Crippen MR) is 253 cm³/mol. The highest BCUT2D eigenvalue weighted by Gasteiger charge is 2.18. The van der Waals surface area contributed by atoms with Crippen LogP contribution in [0.25, 0.3) is 87.6 Å². The summed E-state index contributed by atoms with van der Waals surface area (Å²) in [4.78, 5) is 2.40. The average molecular weight is 750 g/mol. The molecule has 0 atom stereocenters. The molecule has 0 radical (unpaired) electrons. The van der Waals surface area contributed by atoms with Gasteiger partial charge in [0.2, 0.25) is 0 Å². The third-order valence-electron chi connectivity index (χ3n) is 11.9. The second-order valence-electron chi connectivity index (χ2n) is 15.3. The van der Waals surface area contributed by atoms with E-state index < -0.39 is 0 Å². The van der Waals surface area contributed by atoms with Crippen LogP contribution in [-0.4, -0.2) is 0 Å². The highest BCUT2D eigenvalue weighted by molar-refractivity contribution is 6.20. The van der Waals surface area contributed by atoms with Crippen LogP contribution in [0.15, 0.2) is 237 Å². The standard InChI is InChI=1S/C58H39N/c1-2-11-40(12-3-1)41-31-35-50(36-32-41)59(57-20-9-8-17-54(57)46-23-21-45(22-24-46)53-19-10-15-43-13-4-6-16-52(43)53)51-37-33-42(34-38-51)49-30-27-47-26-29-48-28-25-44-14-5-7-18-55(44)58(48)56(47)39-49/h1-39H. The Labute approximate surface area is 344 Å². The van der Waals surface area contributed by atoms with Gasteiger partial charge >= 0.3 is 0 Å². The molecule has 0 bridgehead atoms. The minimum Gasteiger partial charge on any atom is -0.310 e. The van der Waals surface area contributed by atoms with E-state index in [-0.39, 0.29) is 0 Å². The molecule has 0 fully saturated rings. The van der Waals surface area contributed by atoms with Gasteiger partial charge in [-0.3, -0.25) is 0 Å². The third kappa shape index (κ3) is 6.30. The van der Waals surface area contributed by atoms with Crippen molar-refractivity contribution in [3.05, 3.63) is 237 Å². The maximum absolute atomic E-state index is 2.40. The van der Waals surface area contributed by atoms with E-state index in [1.165, 1.54) is 87.6 Å². The van der Waals surface area contributed by atoms with Gasteiger partial charge in [0.1, 0.15) is 0 Å². The van der Waals surface area contributed by atoms with Crippen LogP contribution in [0.1, 0.15) is 0 Å². The van der Waals surface area contributed by atoms with Crippen molar-refractivity contribution in [3.8, 4) is 44.5 Å². The molecule has 0 N–H and O–H groups in total. The van der Waals surface area contributed by atoms with E-state index >= 15 is 0 Å². The summed E-state index contributed by atoms with van der Waals surface area (Å²) in [5, 5.41) is 10.2. The van der Waals surface area contributed by atoms with E-state index in [0.717, 1.165) is 17.1 Å². The summed E-state index contributed by atoms with van der Waals surface area (Å²) in [6.45, 7) is 0. The molecule has 11 aromatic rings. The SMILES string of the molecule is c1ccc(-c2ccc(N(c3ccc(-c4ccc5ccc6ccc7ccccc7c6c5c4)cc3)c3ccccc3-c3ccc(-c4cccc5ccccc45)cc3)cc2)cc1. The summed E-state index contributed by atoms with van der Waals surface area (Å²) < 4.78 is 0. The van der Waals surface area contributed by atoms with Crippen molar-refractivity contribution in [2.24, 2.45) is 0 Å². The van der Waals surface area contributed by atoms with Gasteiger partial charge < -0.3 is 4.90 Å². The molecule has 0 unspecified atom stereocenters. The van der Waals surface area contributed by atoms with Gasteiger partial charge in [-0.15, -0.1) is 0 Å². The lowest BCUT2D eigenvalue weighted by Crippen LogP contribution is -2.11. The minimum absolute atomic E-state index is 1.10. The lowest BCUT2D eigenvalue weighted by Gasteiger charge is -2.28. The highest BCUT2D eigenvalue weighted by Crippen LogP contribution is 2.43. The van der Waals surface area contributed by atoms with Gasteiger partial charge in [-0.2, -0.15) is 0 Å². The molecular weight excluding hydrogens is 711 g/mol. The van der Waals surface area contributed by atoms with Crippen LogP contribution in [0, 0.1) is 0 Å². The van der Waals surface area contributed by atoms with E-state index in [9.17, 15) is 0 Å². The zero-order valence-corrected chi connectivity index (χ0v) is 32.5. The van der Waals surface area contributed by atoms with Crippen LogP contribution in [0.4, 0.5) is 17.1 Å². The number of rotatable bonds is 7. The van der Waals surface area contributed by atoms with Gasteiger partial charge in [0.15, 0.2) is 0 Å². The van der Waals surface area contributed by atoms with Crippen molar-refractivity contribution < 1.29 is 0 Å². The van der Waals surface area contributed by atoms with E-state index in [1.807, 2.05) is 0 Å². The van der Waals surface area contributed by atoms with Gasteiger partial charge in [0.05, 0.1) is 5.69 Å². The monoisotopic (exact) mass is 749 g/mol. The Morgan fingerprint density at radius 3 is 1.39 bits per heavy atom. The molecule has 0 aliphatic rings. The van der Waals surface area contributed by atoms with Crippen LogP contribution in [0.3, 0.4) is 0 Å². The van der Waals surface area contributed by atoms with Crippen molar-refractivity contribution >= 4 is 60.2 Å². The lowest BCUT2D eigenvalue weighted by atomic mass is 9.94. The lowest BCUT2D eigenvalue weighted by molar-refractivity contribution is 1.28. The number of para-hydroxylation sites is 1. The van der Waals surface area contributed by atoms with Gasteiger partial charge in [0, 0.05) is 16.9 Å². The molecule has 0 saturated carbocycles. The van der Waals surface area contributed by atoms with Gasteiger partial charge in [-0.25, -0.2) is 0 Å². The van der Waals surface area contributed by atoms with Crippen molar-refractivity contribution in [1.29, 1.82) is 0 Å². The van der Waals surface area contributed by atoms with Gasteiger partial charge in [-0.1, -0.05) is 200 Å². The Morgan fingerprint density at radius 2 is 0.678 bits per heavy atom. The fraction of sp³-hybridized carbons (Fsp3) is 0. The first-order chi connectivity index (χ1) is 29.2. The number of nitrogens with zero attached hydrogens (tertiary/aromatic N) is 1. The maximum Gasteiger partial charge on any atom is 0.0540 e. The zero-order chi connectivity index (χ0) is 39.1. The highest BCUT2D eigenvalue weighted by atomic mass is 15.1. The predicted octanol–water partition coefficient (Wildman–Crippen LogP) is 16.4. The topological polar surface area (TPSA) is 3.24 Å². The number of fused-ring (bicyclic) bond motifs is 6. The summed E-state index contributed by atoms with van der Waals surface area (Å²) >= 11 is 0. The molecule has 0 aromatic heterocycles. The van der Waals surface area contributed by atoms with Crippen molar-refractivity contribution in [1.82, 2.24) is 0 Å². The number of anilines is 3. The van der Waals surface area contributed by atoms with Crippen LogP contribution >= 0.6 is 0 Å². The summed E-state index contributed by atoms with van der Waals surface area (Å²) in [7, 11) is 0. The quantitative estimate of drug-likeness (QED) is 0.147. The molecule has 1 nitrogen and oxygen atoms in total. The van der Waals surface area contributed by atoms with E-state index in [4.69, 9.17) is 0 Å². The van der Waals surface area contributed by atoms with E-state index in [0.29, 0.717) is 0 Å². The van der Waals surface area contributed by atoms with E-state index in [2.05, 4.69) is 241 Å². The number of hydrogen-bond acceptors (Lipinski definition) is 1. The fourth-order valence-corrected chi connectivity index (χ4v) is 8.89. The molecule has 11 rings (SSSR count). The molecule has 0 aliphatic carbocycles. The zero-order valence-electron chi connectivity index (χ0n) is 32.5. The normalized spacial score (nSPS) is 11.4. The maximum atomic E-state index is 2.40. The molecule has 1 heteroatoms. The smallest absolute Gasteiger partial charge is 0.0540 e. The Hall–Kier alpha value is -7.74. The molecule has 0 saturated heterocycles. The Morgan fingerprint density at radius 1 is 0.237 bits per heavy atom. The average Bonchev–Trinajstić information content (AvgIpc) is 3.32. The van der Waals surface area contributed by atoms with Crippen LogP contribution < -0.4 is 4.90 Å². The van der Waals surface area contributed by atoms with Crippen molar-refractivity contribution in [2.75, 3.05) is 4.90 Å². The molecule has 0 spiro atoms. The van der Waals surface area contributed by atoms with Gasteiger partial charge in [-0.05, 0) is 118 Å². The van der Waals surface area contributed by atoms with Crippen LogP contribution in [0.2, 0.25) is 0 Å². The number of benzene rings is 11. The van der Waals surface area contributed by atoms with E-state index in [1.54, 1.807) is 0 Å². The van der Waals surface area contributed by atoms with Crippen molar-refractivity contribution in [3.63, 3.8) is 0 Å². The summed E-state index contributed by atoms with van der Waals surface area (Å²) in [6.07, 6.45) is 0.